The van der Waals surface area contributed by atoms with Gasteiger partial charge in [0.25, 0.3) is 5.91 Å². The van der Waals surface area contributed by atoms with Crippen molar-refractivity contribution in [3.8, 4) is 0 Å². The van der Waals surface area contributed by atoms with Gasteiger partial charge in [-0.3, -0.25) is 14.5 Å². The van der Waals surface area contributed by atoms with Crippen LogP contribution < -0.4 is 10.6 Å². The number of hydrogen-bond donors (Lipinski definition) is 2. The molecular weight excluding hydrogens is 318 g/mol. The smallest absolute Gasteiger partial charge is 0.251 e. The molecule has 1 aliphatic heterocycles. The summed E-state index contributed by atoms with van der Waals surface area (Å²) in [5.74, 6) is -0.344. The molecule has 1 aliphatic rings. The molecule has 0 aromatic heterocycles. The van der Waals surface area contributed by atoms with Crippen LogP contribution in [-0.4, -0.2) is 62.1 Å². The summed E-state index contributed by atoms with van der Waals surface area (Å²) in [4.78, 5) is 27.1. The zero-order valence-corrected chi connectivity index (χ0v) is 15.4. The Morgan fingerprint density at radius 1 is 1.16 bits per heavy atom. The fraction of sp³-hybridized carbons (Fsp3) is 0.579. The van der Waals surface area contributed by atoms with E-state index in [1.807, 2.05) is 32.9 Å². The molecule has 1 aromatic carbocycles. The number of benzene rings is 1. The SMILES string of the molecule is Cc1ccc(C(=O)N[C@H](C(=O)NCCN2CCOCC2)C(C)C)cc1. The average molecular weight is 347 g/mol. The van der Waals surface area contributed by atoms with E-state index in [1.165, 1.54) is 0 Å². The standard InChI is InChI=1S/C19H29N3O3/c1-14(2)17(21-18(23)16-6-4-15(3)5-7-16)19(24)20-8-9-22-10-12-25-13-11-22/h4-7,14,17H,8-13H2,1-3H3,(H,20,24)(H,21,23)/t17-/m0/s1. The van der Waals surface area contributed by atoms with Gasteiger partial charge in [0.05, 0.1) is 13.2 Å². The van der Waals surface area contributed by atoms with E-state index in [1.54, 1.807) is 12.1 Å². The summed E-state index contributed by atoms with van der Waals surface area (Å²) in [5.41, 5.74) is 1.66. The quantitative estimate of drug-likeness (QED) is 0.777. The van der Waals surface area contributed by atoms with Crippen LogP contribution in [0.1, 0.15) is 29.8 Å². The molecule has 138 valence electrons. The van der Waals surface area contributed by atoms with Crippen LogP contribution in [-0.2, 0) is 9.53 Å². The molecule has 6 heteroatoms. The van der Waals surface area contributed by atoms with Crippen LogP contribution in [0.5, 0.6) is 0 Å². The number of morpholine rings is 1. The van der Waals surface area contributed by atoms with E-state index in [-0.39, 0.29) is 17.7 Å². The predicted molar refractivity (Wildman–Crippen MR) is 97.5 cm³/mol. The van der Waals surface area contributed by atoms with Crippen molar-refractivity contribution in [2.24, 2.45) is 5.92 Å². The first-order chi connectivity index (χ1) is 12.0. The van der Waals surface area contributed by atoms with Crippen LogP contribution in [0, 0.1) is 12.8 Å². The van der Waals surface area contributed by atoms with E-state index in [0.29, 0.717) is 12.1 Å². The van der Waals surface area contributed by atoms with Gasteiger partial charge in [-0.05, 0) is 25.0 Å². The molecule has 1 fully saturated rings. The number of carbonyl (C=O) groups excluding carboxylic acids is 2. The van der Waals surface area contributed by atoms with Crippen LogP contribution in [0.15, 0.2) is 24.3 Å². The minimum absolute atomic E-state index is 0.0118. The van der Waals surface area contributed by atoms with E-state index in [2.05, 4.69) is 15.5 Å². The van der Waals surface area contributed by atoms with E-state index in [4.69, 9.17) is 4.74 Å². The average Bonchev–Trinajstić information content (AvgIpc) is 2.60. The van der Waals surface area contributed by atoms with E-state index in [0.717, 1.165) is 38.4 Å². The minimum Gasteiger partial charge on any atom is -0.379 e. The first-order valence-electron chi connectivity index (χ1n) is 8.92. The Morgan fingerprint density at radius 3 is 2.40 bits per heavy atom. The van der Waals surface area contributed by atoms with Gasteiger partial charge in [-0.25, -0.2) is 0 Å². The summed E-state index contributed by atoms with van der Waals surface area (Å²) in [5, 5.41) is 5.80. The third-order valence-electron chi connectivity index (χ3n) is 4.38. The van der Waals surface area contributed by atoms with Crippen LogP contribution in [0.2, 0.25) is 0 Å². The normalized spacial score (nSPS) is 16.5. The maximum absolute atomic E-state index is 12.5. The second-order valence-electron chi connectivity index (χ2n) is 6.81. The van der Waals surface area contributed by atoms with Crippen molar-refractivity contribution in [2.45, 2.75) is 26.8 Å². The van der Waals surface area contributed by atoms with Crippen molar-refractivity contribution < 1.29 is 14.3 Å². The zero-order chi connectivity index (χ0) is 18.2. The molecule has 1 atom stereocenters. The fourth-order valence-electron chi connectivity index (χ4n) is 2.74. The van der Waals surface area contributed by atoms with Gasteiger partial charge in [0.2, 0.25) is 5.91 Å². The van der Waals surface area contributed by atoms with Gasteiger partial charge in [0.15, 0.2) is 0 Å². The fourth-order valence-corrected chi connectivity index (χ4v) is 2.74. The monoisotopic (exact) mass is 347 g/mol. The Kier molecular flexibility index (Phi) is 7.40. The molecule has 2 amide bonds. The molecular formula is C19H29N3O3. The number of hydrogen-bond acceptors (Lipinski definition) is 4. The van der Waals surface area contributed by atoms with Gasteiger partial charge < -0.3 is 15.4 Å². The lowest BCUT2D eigenvalue weighted by Crippen LogP contribution is -2.51. The summed E-state index contributed by atoms with van der Waals surface area (Å²) < 4.78 is 5.31. The van der Waals surface area contributed by atoms with Gasteiger partial charge in [0.1, 0.15) is 6.04 Å². The number of amides is 2. The molecule has 0 unspecified atom stereocenters. The van der Waals surface area contributed by atoms with Gasteiger partial charge in [-0.1, -0.05) is 31.5 Å². The Labute approximate surface area is 149 Å². The van der Waals surface area contributed by atoms with Crippen LogP contribution in [0.25, 0.3) is 0 Å². The molecule has 1 saturated heterocycles. The molecule has 2 rings (SSSR count). The molecule has 6 nitrogen and oxygen atoms in total. The van der Waals surface area contributed by atoms with Gasteiger partial charge in [-0.15, -0.1) is 0 Å². The number of carbonyl (C=O) groups is 2. The Balaban J connectivity index is 1.84. The third-order valence-corrected chi connectivity index (χ3v) is 4.38. The summed E-state index contributed by atoms with van der Waals surface area (Å²) in [6.45, 7) is 10.5. The number of nitrogens with zero attached hydrogens (tertiary/aromatic N) is 1. The topological polar surface area (TPSA) is 70.7 Å². The predicted octanol–water partition coefficient (Wildman–Crippen LogP) is 1.20. The van der Waals surface area contributed by atoms with Crippen molar-refractivity contribution >= 4 is 11.8 Å². The number of aryl methyl sites for hydroxylation is 1. The van der Waals surface area contributed by atoms with Crippen LogP contribution in [0.4, 0.5) is 0 Å². The van der Waals surface area contributed by atoms with Crippen molar-refractivity contribution in [1.29, 1.82) is 0 Å². The van der Waals surface area contributed by atoms with E-state index in [9.17, 15) is 9.59 Å². The van der Waals surface area contributed by atoms with Gasteiger partial charge in [0, 0.05) is 31.7 Å². The lowest BCUT2D eigenvalue weighted by atomic mass is 10.0. The number of rotatable bonds is 7. The maximum atomic E-state index is 12.5. The maximum Gasteiger partial charge on any atom is 0.251 e. The highest BCUT2D eigenvalue weighted by Crippen LogP contribution is 2.07. The van der Waals surface area contributed by atoms with Crippen LogP contribution in [0.3, 0.4) is 0 Å². The number of ether oxygens (including phenoxy) is 1. The van der Waals surface area contributed by atoms with Gasteiger partial charge in [-0.2, -0.15) is 0 Å². The zero-order valence-electron chi connectivity index (χ0n) is 15.4. The highest BCUT2D eigenvalue weighted by molar-refractivity contribution is 5.97. The summed E-state index contributed by atoms with van der Waals surface area (Å²) >= 11 is 0. The molecule has 0 aliphatic carbocycles. The highest BCUT2D eigenvalue weighted by Gasteiger charge is 2.24. The first kappa shape index (κ1) is 19.4. The van der Waals surface area contributed by atoms with Crippen molar-refractivity contribution in [3.05, 3.63) is 35.4 Å². The minimum atomic E-state index is -0.543. The molecule has 1 heterocycles. The molecule has 1 aromatic rings. The first-order valence-corrected chi connectivity index (χ1v) is 8.92. The lowest BCUT2D eigenvalue weighted by Gasteiger charge is -2.27. The molecule has 0 radical (unpaired) electrons. The summed E-state index contributed by atoms with van der Waals surface area (Å²) in [6, 6.07) is 6.79. The Morgan fingerprint density at radius 2 is 1.80 bits per heavy atom. The molecule has 0 bridgehead atoms. The second-order valence-corrected chi connectivity index (χ2v) is 6.81. The van der Waals surface area contributed by atoms with Crippen molar-refractivity contribution in [2.75, 3.05) is 39.4 Å². The molecule has 0 spiro atoms. The third kappa shape index (κ3) is 6.14. The van der Waals surface area contributed by atoms with Gasteiger partial charge >= 0.3 is 0 Å². The van der Waals surface area contributed by atoms with Crippen molar-refractivity contribution in [3.63, 3.8) is 0 Å². The largest absolute Gasteiger partial charge is 0.379 e. The lowest BCUT2D eigenvalue weighted by molar-refractivity contribution is -0.124. The molecule has 25 heavy (non-hydrogen) atoms. The van der Waals surface area contributed by atoms with Crippen molar-refractivity contribution in [1.82, 2.24) is 15.5 Å². The highest BCUT2D eigenvalue weighted by atomic mass is 16.5. The van der Waals surface area contributed by atoms with Crippen LogP contribution >= 0.6 is 0 Å². The summed E-state index contributed by atoms with van der Waals surface area (Å²) in [7, 11) is 0. The Hall–Kier alpha value is -1.92. The molecule has 0 saturated carbocycles. The number of nitrogens with one attached hydrogen (secondary N) is 2. The van der Waals surface area contributed by atoms with E-state index >= 15 is 0 Å². The summed E-state index contributed by atoms with van der Waals surface area (Å²) in [6.07, 6.45) is 0. The van der Waals surface area contributed by atoms with E-state index < -0.39 is 6.04 Å². The second kappa shape index (κ2) is 9.53. The Bertz CT molecular complexity index is 566. The molecule has 2 N–H and O–H groups in total.